The molecule has 0 spiro atoms. The van der Waals surface area contributed by atoms with Gasteiger partial charge in [0.15, 0.2) is 0 Å². The van der Waals surface area contributed by atoms with E-state index in [0.717, 1.165) is 25.2 Å². The third-order valence-electron chi connectivity index (χ3n) is 5.04. The molecule has 0 atom stereocenters. The van der Waals surface area contributed by atoms with Gasteiger partial charge in [0, 0.05) is 44.0 Å². The maximum absolute atomic E-state index is 12.5. The predicted octanol–water partition coefficient (Wildman–Crippen LogP) is 2.78. The Morgan fingerprint density at radius 1 is 1.07 bits per heavy atom. The van der Waals surface area contributed by atoms with Crippen molar-refractivity contribution in [2.75, 3.05) is 31.1 Å². The van der Waals surface area contributed by atoms with E-state index in [2.05, 4.69) is 34.5 Å². The summed E-state index contributed by atoms with van der Waals surface area (Å²) < 4.78 is 5.00. The van der Waals surface area contributed by atoms with Crippen LogP contribution in [-0.2, 0) is 17.8 Å². The molecule has 2 aromatic rings. The molecule has 0 saturated carbocycles. The number of ether oxygens (including phenoxy) is 1. The summed E-state index contributed by atoms with van der Waals surface area (Å²) >= 11 is 0. The number of nitrogens with zero attached hydrogens (tertiary/aromatic N) is 2. The summed E-state index contributed by atoms with van der Waals surface area (Å²) in [5.74, 6) is -0.126. The lowest BCUT2D eigenvalue weighted by atomic mass is 10.1. The minimum absolute atomic E-state index is 0.126. The van der Waals surface area contributed by atoms with Crippen LogP contribution in [-0.4, -0.2) is 43.1 Å². The molecule has 140 valence electrons. The minimum Gasteiger partial charge on any atom is -0.449 e. The number of fused-ring (bicyclic) bond motifs is 1. The van der Waals surface area contributed by atoms with Crippen molar-refractivity contribution in [1.29, 1.82) is 0 Å². The van der Waals surface area contributed by atoms with Crippen molar-refractivity contribution in [2.45, 2.75) is 19.5 Å². The summed E-state index contributed by atoms with van der Waals surface area (Å²) in [7, 11) is 0. The van der Waals surface area contributed by atoms with E-state index < -0.39 is 0 Å². The summed E-state index contributed by atoms with van der Waals surface area (Å²) in [5.41, 5.74) is 4.34. The largest absolute Gasteiger partial charge is 0.449 e. The van der Waals surface area contributed by atoms with Crippen molar-refractivity contribution in [1.82, 2.24) is 10.2 Å². The normalized spacial score (nSPS) is 16.1. The number of rotatable bonds is 5. The molecule has 6 heteroatoms. The number of benzene rings is 2. The van der Waals surface area contributed by atoms with E-state index in [9.17, 15) is 9.59 Å². The molecule has 1 fully saturated rings. The lowest BCUT2D eigenvalue weighted by Gasteiger charge is -2.26. The number of hydrogen-bond donors (Lipinski definition) is 1. The van der Waals surface area contributed by atoms with Crippen LogP contribution in [0.2, 0.25) is 0 Å². The molecular weight excluding hydrogens is 342 g/mol. The van der Waals surface area contributed by atoms with Crippen molar-refractivity contribution in [2.24, 2.45) is 0 Å². The van der Waals surface area contributed by atoms with Crippen molar-refractivity contribution < 1.29 is 14.3 Å². The Kier molecular flexibility index (Phi) is 4.96. The van der Waals surface area contributed by atoms with Gasteiger partial charge in [-0.25, -0.2) is 4.79 Å². The van der Waals surface area contributed by atoms with E-state index in [1.165, 1.54) is 11.1 Å². The van der Waals surface area contributed by atoms with Gasteiger partial charge in [0.25, 0.3) is 5.91 Å². The van der Waals surface area contributed by atoms with Crippen molar-refractivity contribution in [3.05, 3.63) is 65.2 Å². The first-order valence-corrected chi connectivity index (χ1v) is 9.32. The zero-order valence-corrected chi connectivity index (χ0v) is 15.2. The number of hydrogen-bond acceptors (Lipinski definition) is 4. The Labute approximate surface area is 158 Å². The van der Waals surface area contributed by atoms with Crippen LogP contribution in [0.3, 0.4) is 0 Å². The number of anilines is 1. The molecule has 4 rings (SSSR count). The van der Waals surface area contributed by atoms with E-state index >= 15 is 0 Å². The van der Waals surface area contributed by atoms with Gasteiger partial charge in [0.2, 0.25) is 0 Å². The van der Waals surface area contributed by atoms with Gasteiger partial charge >= 0.3 is 6.09 Å². The molecule has 0 unspecified atom stereocenters. The zero-order chi connectivity index (χ0) is 18.6. The van der Waals surface area contributed by atoms with Crippen molar-refractivity contribution in [3.8, 4) is 0 Å². The molecule has 6 nitrogen and oxygen atoms in total. The Hall–Kier alpha value is -3.02. The first-order valence-electron chi connectivity index (χ1n) is 9.32. The van der Waals surface area contributed by atoms with Crippen LogP contribution in [0.1, 0.15) is 27.9 Å². The second kappa shape index (κ2) is 7.70. The highest BCUT2D eigenvalue weighted by molar-refractivity contribution is 5.95. The molecule has 0 bridgehead atoms. The fourth-order valence-corrected chi connectivity index (χ4v) is 3.57. The Morgan fingerprint density at radius 2 is 1.85 bits per heavy atom. The van der Waals surface area contributed by atoms with Crippen LogP contribution in [0.25, 0.3) is 0 Å². The van der Waals surface area contributed by atoms with Gasteiger partial charge in [-0.15, -0.1) is 0 Å². The van der Waals surface area contributed by atoms with Crippen molar-refractivity contribution >= 4 is 17.7 Å². The summed E-state index contributed by atoms with van der Waals surface area (Å²) in [6.07, 6.45) is 0.533. The maximum atomic E-state index is 12.5. The topological polar surface area (TPSA) is 61.9 Å². The minimum atomic E-state index is -0.300. The van der Waals surface area contributed by atoms with Gasteiger partial charge in [0.05, 0.1) is 6.61 Å². The highest BCUT2D eigenvalue weighted by Crippen LogP contribution is 2.28. The van der Waals surface area contributed by atoms with Crippen LogP contribution in [0.4, 0.5) is 10.5 Å². The molecular formula is C21H23N3O3. The Balaban J connectivity index is 1.35. The fourth-order valence-electron chi connectivity index (χ4n) is 3.57. The van der Waals surface area contributed by atoms with Crippen LogP contribution in [0.5, 0.6) is 0 Å². The van der Waals surface area contributed by atoms with Gasteiger partial charge in [-0.1, -0.05) is 30.3 Å². The van der Waals surface area contributed by atoms with Gasteiger partial charge in [-0.3, -0.25) is 4.79 Å². The SMILES string of the molecule is O=C(NCCN1CCCOC1=O)c1cccc(N2Cc3ccccc3C2)c1. The molecule has 0 radical (unpaired) electrons. The Morgan fingerprint density at radius 3 is 2.59 bits per heavy atom. The van der Waals surface area contributed by atoms with Gasteiger partial charge < -0.3 is 19.9 Å². The molecule has 2 heterocycles. The molecule has 1 saturated heterocycles. The molecule has 2 aliphatic heterocycles. The average molecular weight is 365 g/mol. The molecule has 2 amide bonds. The lowest BCUT2D eigenvalue weighted by Crippen LogP contribution is -2.42. The molecule has 2 aliphatic rings. The summed E-state index contributed by atoms with van der Waals surface area (Å²) in [4.78, 5) is 28.0. The first kappa shape index (κ1) is 17.4. The van der Waals surface area contributed by atoms with E-state index in [1.807, 2.05) is 24.3 Å². The molecule has 0 aromatic heterocycles. The van der Waals surface area contributed by atoms with Gasteiger partial charge in [-0.2, -0.15) is 0 Å². The fraction of sp³-hybridized carbons (Fsp3) is 0.333. The third kappa shape index (κ3) is 3.89. The lowest BCUT2D eigenvalue weighted by molar-refractivity contribution is 0.0719. The van der Waals surface area contributed by atoms with Crippen LogP contribution in [0, 0.1) is 0 Å². The standard InChI is InChI=1S/C21H23N3O3/c25-20(22-9-11-23-10-4-12-27-21(23)26)16-7-3-8-19(13-16)24-14-17-5-1-2-6-18(17)15-24/h1-3,5-8,13H,4,9-12,14-15H2,(H,22,25). The van der Waals surface area contributed by atoms with Gasteiger partial charge in [-0.05, 0) is 35.7 Å². The smallest absolute Gasteiger partial charge is 0.409 e. The second-order valence-corrected chi connectivity index (χ2v) is 6.89. The van der Waals surface area contributed by atoms with Gasteiger partial charge in [0.1, 0.15) is 0 Å². The average Bonchev–Trinajstić information content (AvgIpc) is 3.14. The summed E-state index contributed by atoms with van der Waals surface area (Å²) in [6, 6.07) is 16.1. The number of amides is 2. The number of nitrogens with one attached hydrogen (secondary N) is 1. The highest BCUT2D eigenvalue weighted by atomic mass is 16.6. The number of cyclic esters (lactones) is 1. The summed E-state index contributed by atoms with van der Waals surface area (Å²) in [6.45, 7) is 3.75. The quantitative estimate of drug-likeness (QED) is 0.885. The first-order chi connectivity index (χ1) is 13.2. The highest BCUT2D eigenvalue weighted by Gasteiger charge is 2.20. The maximum Gasteiger partial charge on any atom is 0.409 e. The van der Waals surface area contributed by atoms with E-state index in [1.54, 1.807) is 4.90 Å². The number of carbonyl (C=O) groups is 2. The molecule has 0 aliphatic carbocycles. The number of carbonyl (C=O) groups excluding carboxylic acids is 2. The summed E-state index contributed by atoms with van der Waals surface area (Å²) in [5, 5.41) is 2.89. The van der Waals surface area contributed by atoms with E-state index in [0.29, 0.717) is 31.8 Å². The molecule has 1 N–H and O–H groups in total. The second-order valence-electron chi connectivity index (χ2n) is 6.89. The van der Waals surface area contributed by atoms with E-state index in [4.69, 9.17) is 4.74 Å². The van der Waals surface area contributed by atoms with Crippen LogP contribution < -0.4 is 10.2 Å². The molecule has 27 heavy (non-hydrogen) atoms. The Bertz CT molecular complexity index is 827. The predicted molar refractivity (Wildman–Crippen MR) is 103 cm³/mol. The zero-order valence-electron chi connectivity index (χ0n) is 15.2. The third-order valence-corrected chi connectivity index (χ3v) is 5.04. The van der Waals surface area contributed by atoms with Crippen molar-refractivity contribution in [3.63, 3.8) is 0 Å². The van der Waals surface area contributed by atoms with Crippen LogP contribution >= 0.6 is 0 Å². The van der Waals surface area contributed by atoms with E-state index in [-0.39, 0.29) is 12.0 Å². The molecule has 2 aromatic carbocycles. The van der Waals surface area contributed by atoms with Crippen LogP contribution in [0.15, 0.2) is 48.5 Å². The monoisotopic (exact) mass is 365 g/mol.